The molecule has 0 radical (unpaired) electrons. The second-order valence-electron chi connectivity index (χ2n) is 3.65. The number of hydrogen-bond donors (Lipinski definition) is 1. The number of carbonyl (C=O) groups is 1. The fourth-order valence-corrected chi connectivity index (χ4v) is 2.25. The van der Waals surface area contributed by atoms with E-state index in [2.05, 4.69) is 18.7 Å². The first-order chi connectivity index (χ1) is 8.19. The van der Waals surface area contributed by atoms with E-state index in [-0.39, 0.29) is 4.88 Å². The zero-order chi connectivity index (χ0) is 12.7. The number of hydrogen-bond acceptors (Lipinski definition) is 4. The Balaban J connectivity index is 2.31. The molecule has 1 heterocycles. The molecule has 0 aliphatic heterocycles. The van der Waals surface area contributed by atoms with Crippen molar-refractivity contribution in [3.05, 3.63) is 16.3 Å². The summed E-state index contributed by atoms with van der Waals surface area (Å²) in [6, 6.07) is 1.71. The lowest BCUT2D eigenvalue weighted by molar-refractivity contribution is 0.0698. The van der Waals surface area contributed by atoms with Gasteiger partial charge in [0.15, 0.2) is 4.88 Å². The summed E-state index contributed by atoms with van der Waals surface area (Å²) in [4.78, 5) is 13.4. The maximum Gasteiger partial charge on any atom is 0.349 e. The minimum atomic E-state index is -0.918. The molecule has 1 N–H and O–H groups in total. The normalized spacial score (nSPS) is 10.8. The van der Waals surface area contributed by atoms with Gasteiger partial charge in [-0.15, -0.1) is 11.3 Å². The van der Waals surface area contributed by atoms with E-state index in [4.69, 9.17) is 9.84 Å². The van der Waals surface area contributed by atoms with E-state index in [1.165, 1.54) is 11.3 Å². The molecule has 96 valence electrons. The van der Waals surface area contributed by atoms with Gasteiger partial charge in [-0.2, -0.15) is 0 Å². The largest absolute Gasteiger partial charge is 0.492 e. The molecule has 0 atom stereocenters. The maximum atomic E-state index is 10.8. The molecule has 0 fully saturated rings. The van der Waals surface area contributed by atoms with Crippen molar-refractivity contribution in [1.29, 1.82) is 0 Å². The SMILES string of the molecule is CCN(CC)CCCOc1ccsc1C(=O)O. The number of aromatic carboxylic acids is 1. The van der Waals surface area contributed by atoms with Crippen molar-refractivity contribution in [2.75, 3.05) is 26.2 Å². The van der Waals surface area contributed by atoms with Crippen LogP contribution in [-0.2, 0) is 0 Å². The first-order valence-corrected chi connectivity index (χ1v) is 6.72. The Labute approximate surface area is 106 Å². The Morgan fingerprint density at radius 1 is 1.47 bits per heavy atom. The zero-order valence-corrected chi connectivity index (χ0v) is 11.1. The summed E-state index contributed by atoms with van der Waals surface area (Å²) < 4.78 is 5.48. The molecule has 0 amide bonds. The summed E-state index contributed by atoms with van der Waals surface area (Å²) in [6.45, 7) is 7.88. The van der Waals surface area contributed by atoms with Crippen molar-refractivity contribution in [1.82, 2.24) is 4.90 Å². The predicted molar refractivity (Wildman–Crippen MR) is 69.2 cm³/mol. The molecule has 17 heavy (non-hydrogen) atoms. The van der Waals surface area contributed by atoms with Gasteiger partial charge in [-0.25, -0.2) is 4.79 Å². The van der Waals surface area contributed by atoms with Crippen LogP contribution in [0.4, 0.5) is 0 Å². The van der Waals surface area contributed by atoms with Crippen LogP contribution in [0.15, 0.2) is 11.4 Å². The smallest absolute Gasteiger partial charge is 0.349 e. The lowest BCUT2D eigenvalue weighted by Gasteiger charge is -2.17. The summed E-state index contributed by atoms with van der Waals surface area (Å²) in [6.07, 6.45) is 0.913. The minimum Gasteiger partial charge on any atom is -0.492 e. The van der Waals surface area contributed by atoms with Gasteiger partial charge < -0.3 is 14.7 Å². The van der Waals surface area contributed by atoms with Crippen molar-refractivity contribution < 1.29 is 14.6 Å². The van der Waals surface area contributed by atoms with Gasteiger partial charge in [-0.3, -0.25) is 0 Å². The van der Waals surface area contributed by atoms with E-state index in [9.17, 15) is 4.79 Å². The Morgan fingerprint density at radius 2 is 2.18 bits per heavy atom. The maximum absolute atomic E-state index is 10.8. The first kappa shape index (κ1) is 14.0. The number of carboxylic acid groups (broad SMARTS) is 1. The van der Waals surface area contributed by atoms with Crippen LogP contribution in [0.2, 0.25) is 0 Å². The molecular formula is C12H19NO3S. The van der Waals surface area contributed by atoms with E-state index in [1.807, 2.05) is 0 Å². The van der Waals surface area contributed by atoms with Gasteiger partial charge >= 0.3 is 5.97 Å². The third-order valence-corrected chi connectivity index (χ3v) is 3.48. The van der Waals surface area contributed by atoms with Gasteiger partial charge in [0.25, 0.3) is 0 Å². The van der Waals surface area contributed by atoms with Crippen LogP contribution in [0, 0.1) is 0 Å². The van der Waals surface area contributed by atoms with Crippen LogP contribution in [0.3, 0.4) is 0 Å². The van der Waals surface area contributed by atoms with Gasteiger partial charge in [0.2, 0.25) is 0 Å². The van der Waals surface area contributed by atoms with E-state index in [0.29, 0.717) is 12.4 Å². The van der Waals surface area contributed by atoms with E-state index in [0.717, 1.165) is 26.1 Å². The van der Waals surface area contributed by atoms with Gasteiger partial charge in [0.05, 0.1) is 6.61 Å². The molecule has 0 aliphatic rings. The van der Waals surface area contributed by atoms with Crippen molar-refractivity contribution >= 4 is 17.3 Å². The number of thiophene rings is 1. The highest BCUT2D eigenvalue weighted by atomic mass is 32.1. The highest BCUT2D eigenvalue weighted by molar-refractivity contribution is 7.12. The zero-order valence-electron chi connectivity index (χ0n) is 10.3. The molecule has 0 spiro atoms. The first-order valence-electron chi connectivity index (χ1n) is 5.85. The molecule has 0 unspecified atom stereocenters. The van der Waals surface area contributed by atoms with Crippen LogP contribution in [-0.4, -0.2) is 42.2 Å². The molecule has 1 aromatic rings. The van der Waals surface area contributed by atoms with Crippen molar-refractivity contribution in [3.8, 4) is 5.75 Å². The third-order valence-electron chi connectivity index (χ3n) is 2.59. The summed E-state index contributed by atoms with van der Waals surface area (Å²) >= 11 is 1.20. The fourth-order valence-electron chi connectivity index (χ4n) is 1.58. The summed E-state index contributed by atoms with van der Waals surface area (Å²) in [5, 5.41) is 10.6. The molecule has 1 rings (SSSR count). The monoisotopic (exact) mass is 257 g/mol. The summed E-state index contributed by atoms with van der Waals surface area (Å²) in [5.41, 5.74) is 0. The van der Waals surface area contributed by atoms with Gasteiger partial charge in [0.1, 0.15) is 5.75 Å². The van der Waals surface area contributed by atoms with Crippen LogP contribution in [0.1, 0.15) is 29.9 Å². The van der Waals surface area contributed by atoms with Crippen molar-refractivity contribution in [2.45, 2.75) is 20.3 Å². The van der Waals surface area contributed by atoms with Gasteiger partial charge in [-0.05, 0) is 31.0 Å². The third kappa shape index (κ3) is 4.36. The Morgan fingerprint density at radius 3 is 2.76 bits per heavy atom. The summed E-state index contributed by atoms with van der Waals surface area (Å²) in [5.74, 6) is -0.430. The second-order valence-corrected chi connectivity index (χ2v) is 4.56. The molecule has 5 heteroatoms. The van der Waals surface area contributed by atoms with Gasteiger partial charge in [0, 0.05) is 6.54 Å². The molecule has 1 aromatic heterocycles. The summed E-state index contributed by atoms with van der Waals surface area (Å²) in [7, 11) is 0. The van der Waals surface area contributed by atoms with E-state index < -0.39 is 5.97 Å². The van der Waals surface area contributed by atoms with Crippen LogP contribution in [0.25, 0.3) is 0 Å². The highest BCUT2D eigenvalue weighted by Gasteiger charge is 2.12. The molecule has 0 bridgehead atoms. The van der Waals surface area contributed by atoms with Gasteiger partial charge in [-0.1, -0.05) is 13.8 Å². The van der Waals surface area contributed by atoms with E-state index >= 15 is 0 Å². The van der Waals surface area contributed by atoms with Crippen LogP contribution >= 0.6 is 11.3 Å². The number of nitrogens with zero attached hydrogens (tertiary/aromatic N) is 1. The Kier molecular flexibility index (Phi) is 6.00. The molecule has 0 saturated heterocycles. The van der Waals surface area contributed by atoms with Crippen molar-refractivity contribution in [3.63, 3.8) is 0 Å². The topological polar surface area (TPSA) is 49.8 Å². The highest BCUT2D eigenvalue weighted by Crippen LogP contribution is 2.24. The fraction of sp³-hybridized carbons (Fsp3) is 0.583. The molecular weight excluding hydrogens is 238 g/mol. The molecule has 0 aromatic carbocycles. The van der Waals surface area contributed by atoms with Crippen LogP contribution in [0.5, 0.6) is 5.75 Å². The average molecular weight is 257 g/mol. The number of rotatable bonds is 8. The molecule has 0 aliphatic carbocycles. The van der Waals surface area contributed by atoms with Crippen LogP contribution < -0.4 is 4.74 Å². The Hall–Kier alpha value is -1.07. The lowest BCUT2D eigenvalue weighted by Crippen LogP contribution is -2.25. The number of carboxylic acids is 1. The minimum absolute atomic E-state index is 0.285. The second kappa shape index (κ2) is 7.29. The molecule has 0 saturated carbocycles. The predicted octanol–water partition coefficient (Wildman–Crippen LogP) is 2.56. The lowest BCUT2D eigenvalue weighted by atomic mass is 10.4. The standard InChI is InChI=1S/C12H19NO3S/c1-3-13(4-2)7-5-8-16-10-6-9-17-11(10)12(14)15/h6,9H,3-5,7-8H2,1-2H3,(H,14,15). The van der Waals surface area contributed by atoms with Crippen molar-refractivity contribution in [2.24, 2.45) is 0 Å². The number of ether oxygens (including phenoxy) is 1. The average Bonchev–Trinajstić information content (AvgIpc) is 2.78. The Bertz CT molecular complexity index is 347. The van der Waals surface area contributed by atoms with E-state index in [1.54, 1.807) is 11.4 Å². The quantitative estimate of drug-likeness (QED) is 0.727. The molecule has 4 nitrogen and oxygen atoms in total.